The lowest BCUT2D eigenvalue weighted by Gasteiger charge is -2.10. The fourth-order valence-corrected chi connectivity index (χ4v) is 2.25. The molecular formula is C14H18N6O. The Kier molecular flexibility index (Phi) is 3.25. The molecule has 0 aliphatic carbocycles. The molecule has 0 aliphatic heterocycles. The third kappa shape index (κ3) is 2.54. The molecule has 0 spiro atoms. The van der Waals surface area contributed by atoms with Gasteiger partial charge in [-0.05, 0) is 26.0 Å². The third-order valence-corrected chi connectivity index (χ3v) is 3.08. The molecule has 0 saturated carbocycles. The number of aromatic nitrogens is 5. The van der Waals surface area contributed by atoms with Crippen LogP contribution in [0, 0.1) is 0 Å². The van der Waals surface area contributed by atoms with E-state index < -0.39 is 0 Å². The van der Waals surface area contributed by atoms with Crippen molar-refractivity contribution in [1.29, 1.82) is 0 Å². The van der Waals surface area contributed by atoms with Crippen LogP contribution in [0.15, 0.2) is 24.5 Å². The summed E-state index contributed by atoms with van der Waals surface area (Å²) in [5.41, 5.74) is 7.72. The topological polar surface area (TPSA) is 83.8 Å². The Hall–Kier alpha value is -2.57. The molecule has 2 aromatic heterocycles. The normalized spacial score (nSPS) is 11.4. The van der Waals surface area contributed by atoms with Crippen molar-refractivity contribution >= 4 is 17.0 Å². The molecule has 2 heterocycles. The summed E-state index contributed by atoms with van der Waals surface area (Å²) in [4.78, 5) is 8.65. The molecule has 3 aromatic rings. The molecule has 1 aromatic carbocycles. The molecule has 0 saturated heterocycles. The van der Waals surface area contributed by atoms with Crippen molar-refractivity contribution in [2.24, 2.45) is 7.05 Å². The van der Waals surface area contributed by atoms with Crippen LogP contribution in [-0.2, 0) is 13.6 Å². The number of fused-ring (bicyclic) bond motifs is 1. The minimum absolute atomic E-state index is 0.0828. The van der Waals surface area contributed by atoms with Gasteiger partial charge in [0.15, 0.2) is 5.82 Å². The fraction of sp³-hybridized carbons (Fsp3) is 0.357. The Labute approximate surface area is 122 Å². The maximum atomic E-state index is 6.04. The Morgan fingerprint density at radius 1 is 1.33 bits per heavy atom. The zero-order valence-electron chi connectivity index (χ0n) is 12.3. The van der Waals surface area contributed by atoms with E-state index in [0.717, 1.165) is 16.8 Å². The standard InChI is InChI=1S/C14H18N6O/c1-9(2)21-11-6-4-5-10-13(11)17-14(15)20(10)7-12-16-8-19(3)18-12/h4-6,8-9H,7H2,1-3H3,(H2,15,17). The number of anilines is 1. The van der Waals surface area contributed by atoms with Crippen LogP contribution in [0.5, 0.6) is 5.75 Å². The highest BCUT2D eigenvalue weighted by Gasteiger charge is 2.14. The number of benzene rings is 1. The predicted molar refractivity (Wildman–Crippen MR) is 80.0 cm³/mol. The van der Waals surface area contributed by atoms with Gasteiger partial charge in [0.1, 0.15) is 17.6 Å². The summed E-state index contributed by atoms with van der Waals surface area (Å²) in [5.74, 6) is 1.86. The van der Waals surface area contributed by atoms with E-state index in [1.54, 1.807) is 11.0 Å². The molecule has 21 heavy (non-hydrogen) atoms. The molecule has 2 N–H and O–H groups in total. The Morgan fingerprint density at radius 3 is 2.81 bits per heavy atom. The summed E-state index contributed by atoms with van der Waals surface area (Å²) in [6, 6.07) is 5.80. The maximum Gasteiger partial charge on any atom is 0.201 e. The van der Waals surface area contributed by atoms with Gasteiger partial charge in [-0.3, -0.25) is 4.68 Å². The molecule has 0 fully saturated rings. The summed E-state index contributed by atoms with van der Waals surface area (Å²) < 4.78 is 9.33. The number of nitrogen functional groups attached to an aromatic ring is 1. The lowest BCUT2D eigenvalue weighted by Crippen LogP contribution is -2.07. The van der Waals surface area contributed by atoms with E-state index in [1.165, 1.54) is 0 Å². The Bertz CT molecular complexity index is 773. The zero-order chi connectivity index (χ0) is 15.0. The number of rotatable bonds is 4. The molecule has 110 valence electrons. The second kappa shape index (κ2) is 5.08. The minimum Gasteiger partial charge on any atom is -0.489 e. The van der Waals surface area contributed by atoms with Gasteiger partial charge in [-0.1, -0.05) is 6.07 Å². The van der Waals surface area contributed by atoms with Gasteiger partial charge in [0.25, 0.3) is 0 Å². The average Bonchev–Trinajstić information content (AvgIpc) is 2.96. The molecule has 3 rings (SSSR count). The highest BCUT2D eigenvalue weighted by atomic mass is 16.5. The first-order valence-electron chi connectivity index (χ1n) is 6.80. The first-order valence-corrected chi connectivity index (χ1v) is 6.80. The van der Waals surface area contributed by atoms with Gasteiger partial charge in [0.05, 0.1) is 18.2 Å². The molecule has 0 amide bonds. The number of nitrogens with zero attached hydrogens (tertiary/aromatic N) is 5. The zero-order valence-corrected chi connectivity index (χ0v) is 12.3. The number of aryl methyl sites for hydroxylation is 1. The van der Waals surface area contributed by atoms with Crippen LogP contribution in [0.3, 0.4) is 0 Å². The molecule has 0 aliphatic rings. The monoisotopic (exact) mass is 286 g/mol. The van der Waals surface area contributed by atoms with Gasteiger partial charge < -0.3 is 15.0 Å². The van der Waals surface area contributed by atoms with E-state index >= 15 is 0 Å². The smallest absolute Gasteiger partial charge is 0.201 e. The molecule has 0 bridgehead atoms. The van der Waals surface area contributed by atoms with E-state index in [0.29, 0.717) is 18.3 Å². The number of imidazole rings is 1. The summed E-state index contributed by atoms with van der Waals surface area (Å²) in [5, 5.41) is 4.27. The molecule has 0 atom stereocenters. The van der Waals surface area contributed by atoms with Crippen molar-refractivity contribution < 1.29 is 4.74 Å². The largest absolute Gasteiger partial charge is 0.489 e. The molecule has 7 heteroatoms. The maximum absolute atomic E-state index is 6.04. The van der Waals surface area contributed by atoms with E-state index in [2.05, 4.69) is 15.1 Å². The SMILES string of the molecule is CC(C)Oc1cccc2c1nc(N)n2Cc1ncn(C)n1. The molecule has 7 nitrogen and oxygen atoms in total. The van der Waals surface area contributed by atoms with Crippen molar-refractivity contribution in [2.75, 3.05) is 5.73 Å². The van der Waals surface area contributed by atoms with E-state index in [4.69, 9.17) is 10.5 Å². The van der Waals surface area contributed by atoms with Crippen molar-refractivity contribution in [2.45, 2.75) is 26.5 Å². The van der Waals surface area contributed by atoms with E-state index in [-0.39, 0.29) is 6.10 Å². The lowest BCUT2D eigenvalue weighted by molar-refractivity contribution is 0.245. The third-order valence-electron chi connectivity index (χ3n) is 3.08. The molecular weight excluding hydrogens is 268 g/mol. The molecule has 0 unspecified atom stereocenters. The van der Waals surface area contributed by atoms with Gasteiger partial charge in [-0.15, -0.1) is 0 Å². The van der Waals surface area contributed by atoms with Crippen LogP contribution in [0.4, 0.5) is 5.95 Å². The van der Waals surface area contributed by atoms with Crippen molar-refractivity contribution in [3.63, 3.8) is 0 Å². The van der Waals surface area contributed by atoms with Gasteiger partial charge in [-0.2, -0.15) is 5.10 Å². The van der Waals surface area contributed by atoms with Crippen LogP contribution >= 0.6 is 0 Å². The van der Waals surface area contributed by atoms with Crippen molar-refractivity contribution in [3.05, 3.63) is 30.4 Å². The van der Waals surface area contributed by atoms with Gasteiger partial charge in [-0.25, -0.2) is 9.97 Å². The summed E-state index contributed by atoms with van der Waals surface area (Å²) in [6.07, 6.45) is 1.75. The number of para-hydroxylation sites is 1. The second-order valence-corrected chi connectivity index (χ2v) is 5.18. The van der Waals surface area contributed by atoms with Gasteiger partial charge in [0.2, 0.25) is 5.95 Å². The number of ether oxygens (including phenoxy) is 1. The van der Waals surface area contributed by atoms with Crippen molar-refractivity contribution in [1.82, 2.24) is 24.3 Å². The van der Waals surface area contributed by atoms with Crippen molar-refractivity contribution in [3.8, 4) is 5.75 Å². The second-order valence-electron chi connectivity index (χ2n) is 5.18. The lowest BCUT2D eigenvalue weighted by atomic mass is 10.3. The van der Waals surface area contributed by atoms with E-state index in [1.807, 2.05) is 43.7 Å². The highest BCUT2D eigenvalue weighted by molar-refractivity contribution is 5.84. The van der Waals surface area contributed by atoms with Crippen LogP contribution in [0.2, 0.25) is 0 Å². The van der Waals surface area contributed by atoms with Crippen LogP contribution in [0.25, 0.3) is 11.0 Å². The van der Waals surface area contributed by atoms with Gasteiger partial charge in [0, 0.05) is 7.05 Å². The van der Waals surface area contributed by atoms with Crippen LogP contribution < -0.4 is 10.5 Å². The minimum atomic E-state index is 0.0828. The first kappa shape index (κ1) is 13.4. The Balaban J connectivity index is 2.05. The summed E-state index contributed by atoms with van der Waals surface area (Å²) in [6.45, 7) is 4.45. The summed E-state index contributed by atoms with van der Waals surface area (Å²) >= 11 is 0. The number of hydrogen-bond acceptors (Lipinski definition) is 5. The number of hydrogen-bond donors (Lipinski definition) is 1. The fourth-order valence-electron chi connectivity index (χ4n) is 2.25. The quantitative estimate of drug-likeness (QED) is 0.787. The Morgan fingerprint density at radius 2 is 2.14 bits per heavy atom. The molecule has 0 radical (unpaired) electrons. The average molecular weight is 286 g/mol. The van der Waals surface area contributed by atoms with Crippen LogP contribution in [0.1, 0.15) is 19.7 Å². The highest BCUT2D eigenvalue weighted by Crippen LogP contribution is 2.28. The van der Waals surface area contributed by atoms with E-state index in [9.17, 15) is 0 Å². The summed E-state index contributed by atoms with van der Waals surface area (Å²) in [7, 11) is 1.83. The first-order chi connectivity index (χ1) is 10.0. The number of nitrogens with two attached hydrogens (primary N) is 1. The van der Waals surface area contributed by atoms with Gasteiger partial charge >= 0.3 is 0 Å². The van der Waals surface area contributed by atoms with Crippen LogP contribution in [-0.4, -0.2) is 30.4 Å². The predicted octanol–water partition coefficient (Wildman–Crippen LogP) is 1.58.